The predicted molar refractivity (Wildman–Crippen MR) is 207 cm³/mol. The number of hydrogen-bond donors (Lipinski definition) is 0. The fraction of sp³-hybridized carbons (Fsp3) is 0.0870. The zero-order chi connectivity index (χ0) is 31.7. The summed E-state index contributed by atoms with van der Waals surface area (Å²) in [7, 11) is 0. The monoisotopic (exact) mass is 618 g/mol. The average molecular weight is 619 g/mol. The van der Waals surface area contributed by atoms with Crippen molar-refractivity contribution in [3.05, 3.63) is 157 Å². The van der Waals surface area contributed by atoms with E-state index in [0.29, 0.717) is 0 Å². The first kappa shape index (κ1) is 28.0. The van der Waals surface area contributed by atoms with Crippen LogP contribution in [0, 0.1) is 0 Å². The Hall–Kier alpha value is -5.24. The molecule has 0 bridgehead atoms. The summed E-state index contributed by atoms with van der Waals surface area (Å²) in [4.78, 5) is 0. The first-order chi connectivity index (χ1) is 22.9. The van der Waals surface area contributed by atoms with Gasteiger partial charge < -0.3 is 0 Å². The summed E-state index contributed by atoms with van der Waals surface area (Å²) in [6, 6.07) is 56.5. The molecule has 0 fully saturated rings. The number of benzene rings is 8. The summed E-state index contributed by atoms with van der Waals surface area (Å²) in [6.07, 6.45) is 0. The minimum atomic E-state index is 0.120. The van der Waals surface area contributed by atoms with E-state index in [2.05, 4.69) is 172 Å². The largest absolute Gasteiger partial charge is 0.135 e. The molecule has 9 aromatic rings. The van der Waals surface area contributed by atoms with Crippen molar-refractivity contribution in [3.8, 4) is 33.4 Å². The maximum atomic E-state index is 2.42. The van der Waals surface area contributed by atoms with E-state index in [4.69, 9.17) is 0 Å². The Labute approximate surface area is 279 Å². The standard InChI is InChI=1S/C46H34S/c1-46(2,3)33-23-19-30(20-24-33)44-38-14-6-8-16-40(38)45(41-17-9-7-15-39(41)44)32-22-26-37-36-25-21-31(27-42(36)47-43(37)28-32)35-18-10-12-29-11-4-5-13-34(29)35/h4-28H,1-3H3. The Morgan fingerprint density at radius 1 is 0.383 bits per heavy atom. The van der Waals surface area contributed by atoms with Gasteiger partial charge in [-0.1, -0.05) is 160 Å². The summed E-state index contributed by atoms with van der Waals surface area (Å²) in [5.41, 5.74) is 9.17. The summed E-state index contributed by atoms with van der Waals surface area (Å²) in [5.74, 6) is 0. The van der Waals surface area contributed by atoms with Crippen LogP contribution in [0.2, 0.25) is 0 Å². The SMILES string of the molecule is CC(C)(C)c1ccc(-c2c3ccccc3c(-c3ccc4c(c3)sc3cc(-c5cccc6ccccc56)ccc34)c3ccccc23)cc1. The van der Waals surface area contributed by atoms with E-state index in [1.165, 1.54) is 91.4 Å². The molecule has 0 saturated heterocycles. The van der Waals surface area contributed by atoms with E-state index in [1.807, 2.05) is 11.3 Å². The van der Waals surface area contributed by atoms with E-state index in [1.54, 1.807) is 0 Å². The summed E-state index contributed by atoms with van der Waals surface area (Å²) >= 11 is 1.90. The molecule has 1 heteroatoms. The third kappa shape index (κ3) is 4.57. The van der Waals surface area contributed by atoms with E-state index in [9.17, 15) is 0 Å². The lowest BCUT2D eigenvalue weighted by Gasteiger charge is -2.21. The maximum Gasteiger partial charge on any atom is 0.0361 e. The second-order valence-corrected chi connectivity index (χ2v) is 14.8. The molecule has 47 heavy (non-hydrogen) atoms. The van der Waals surface area contributed by atoms with Crippen molar-refractivity contribution < 1.29 is 0 Å². The van der Waals surface area contributed by atoms with Crippen molar-refractivity contribution >= 4 is 63.8 Å². The van der Waals surface area contributed by atoms with Crippen LogP contribution in [0.15, 0.2) is 152 Å². The minimum absolute atomic E-state index is 0.120. The lowest BCUT2D eigenvalue weighted by molar-refractivity contribution is 0.590. The van der Waals surface area contributed by atoms with Gasteiger partial charge in [-0.3, -0.25) is 0 Å². The highest BCUT2D eigenvalue weighted by Gasteiger charge is 2.19. The van der Waals surface area contributed by atoms with Crippen molar-refractivity contribution in [1.29, 1.82) is 0 Å². The van der Waals surface area contributed by atoms with Gasteiger partial charge in [0.15, 0.2) is 0 Å². The summed E-state index contributed by atoms with van der Waals surface area (Å²) < 4.78 is 2.65. The van der Waals surface area contributed by atoms with Crippen LogP contribution >= 0.6 is 11.3 Å². The van der Waals surface area contributed by atoms with Gasteiger partial charge in [-0.05, 0) is 88.8 Å². The van der Waals surface area contributed by atoms with Gasteiger partial charge in [0, 0.05) is 20.2 Å². The average Bonchev–Trinajstić information content (AvgIpc) is 3.47. The normalized spacial score (nSPS) is 12.1. The maximum absolute atomic E-state index is 2.42. The Morgan fingerprint density at radius 3 is 1.45 bits per heavy atom. The molecule has 0 nitrogen and oxygen atoms in total. The fourth-order valence-electron chi connectivity index (χ4n) is 7.46. The molecular formula is C46H34S. The van der Waals surface area contributed by atoms with Crippen molar-refractivity contribution in [2.75, 3.05) is 0 Å². The molecule has 8 aromatic carbocycles. The molecule has 0 aliphatic heterocycles. The molecule has 0 aliphatic rings. The molecule has 1 aromatic heterocycles. The zero-order valence-corrected chi connectivity index (χ0v) is 27.7. The third-order valence-electron chi connectivity index (χ3n) is 9.83. The van der Waals surface area contributed by atoms with E-state index < -0.39 is 0 Å². The Bertz CT molecular complexity index is 2580. The second-order valence-electron chi connectivity index (χ2n) is 13.7. The fourth-order valence-corrected chi connectivity index (χ4v) is 8.65. The Balaban J connectivity index is 1.23. The highest BCUT2D eigenvalue weighted by Crippen LogP contribution is 2.46. The van der Waals surface area contributed by atoms with Crippen LogP contribution < -0.4 is 0 Å². The third-order valence-corrected chi connectivity index (χ3v) is 10.9. The molecule has 0 unspecified atom stereocenters. The van der Waals surface area contributed by atoms with Crippen LogP contribution in [0.5, 0.6) is 0 Å². The molecular weight excluding hydrogens is 585 g/mol. The summed E-state index contributed by atoms with van der Waals surface area (Å²) in [5, 5.41) is 10.4. The van der Waals surface area contributed by atoms with Gasteiger partial charge in [0.25, 0.3) is 0 Å². The van der Waals surface area contributed by atoms with Crippen molar-refractivity contribution in [1.82, 2.24) is 0 Å². The number of fused-ring (bicyclic) bond motifs is 6. The van der Waals surface area contributed by atoms with E-state index >= 15 is 0 Å². The number of hydrogen-bond acceptors (Lipinski definition) is 1. The molecule has 0 atom stereocenters. The van der Waals surface area contributed by atoms with Crippen LogP contribution in [0.3, 0.4) is 0 Å². The molecule has 224 valence electrons. The first-order valence-electron chi connectivity index (χ1n) is 16.4. The quantitative estimate of drug-likeness (QED) is 0.173. The lowest BCUT2D eigenvalue weighted by atomic mass is 9.83. The van der Waals surface area contributed by atoms with Crippen LogP contribution in [0.4, 0.5) is 0 Å². The molecule has 0 amide bonds. The van der Waals surface area contributed by atoms with Crippen LogP contribution in [-0.2, 0) is 5.41 Å². The second kappa shape index (κ2) is 10.7. The van der Waals surface area contributed by atoms with Crippen molar-refractivity contribution in [2.24, 2.45) is 0 Å². The highest BCUT2D eigenvalue weighted by molar-refractivity contribution is 7.25. The molecule has 9 rings (SSSR count). The van der Waals surface area contributed by atoms with Crippen LogP contribution in [0.25, 0.3) is 85.9 Å². The minimum Gasteiger partial charge on any atom is -0.135 e. The number of rotatable bonds is 3. The molecule has 1 heterocycles. The molecule has 0 N–H and O–H groups in total. The van der Waals surface area contributed by atoms with Crippen molar-refractivity contribution in [2.45, 2.75) is 26.2 Å². The van der Waals surface area contributed by atoms with E-state index in [0.717, 1.165) is 0 Å². The predicted octanol–water partition coefficient (Wildman–Crippen LogP) is 13.8. The number of thiophene rings is 1. The van der Waals surface area contributed by atoms with Gasteiger partial charge in [0.2, 0.25) is 0 Å². The summed E-state index contributed by atoms with van der Waals surface area (Å²) in [6.45, 7) is 6.83. The van der Waals surface area contributed by atoms with Crippen LogP contribution in [-0.4, -0.2) is 0 Å². The molecule has 0 spiro atoms. The van der Waals surface area contributed by atoms with Gasteiger partial charge in [-0.15, -0.1) is 11.3 Å². The van der Waals surface area contributed by atoms with Crippen LogP contribution in [0.1, 0.15) is 26.3 Å². The van der Waals surface area contributed by atoms with Gasteiger partial charge in [0.1, 0.15) is 0 Å². The van der Waals surface area contributed by atoms with E-state index in [-0.39, 0.29) is 5.41 Å². The zero-order valence-electron chi connectivity index (χ0n) is 26.8. The molecule has 0 radical (unpaired) electrons. The Morgan fingerprint density at radius 2 is 0.851 bits per heavy atom. The lowest BCUT2D eigenvalue weighted by Crippen LogP contribution is -2.10. The topological polar surface area (TPSA) is 0 Å². The smallest absolute Gasteiger partial charge is 0.0361 e. The van der Waals surface area contributed by atoms with Gasteiger partial charge >= 0.3 is 0 Å². The Kier molecular flexibility index (Phi) is 6.35. The molecule has 0 saturated carbocycles. The molecule has 0 aliphatic carbocycles. The van der Waals surface area contributed by atoms with Gasteiger partial charge in [-0.25, -0.2) is 0 Å². The van der Waals surface area contributed by atoms with Gasteiger partial charge in [0.05, 0.1) is 0 Å². The van der Waals surface area contributed by atoms with Gasteiger partial charge in [-0.2, -0.15) is 0 Å². The first-order valence-corrected chi connectivity index (χ1v) is 17.2. The van der Waals surface area contributed by atoms with Crippen molar-refractivity contribution in [3.63, 3.8) is 0 Å². The highest BCUT2D eigenvalue weighted by atomic mass is 32.1.